The molecule has 0 bridgehead atoms. The lowest BCUT2D eigenvalue weighted by Gasteiger charge is -2.39. The number of nitrogens with one attached hydrogen (secondary N) is 2. The molecule has 2 heterocycles. The van der Waals surface area contributed by atoms with Crippen LogP contribution in [0.4, 0.5) is 31.5 Å². The van der Waals surface area contributed by atoms with Gasteiger partial charge in [0.25, 0.3) is 11.8 Å². The van der Waals surface area contributed by atoms with Crippen molar-refractivity contribution in [1.82, 2.24) is 0 Å². The van der Waals surface area contributed by atoms with Gasteiger partial charge in [-0.05, 0) is 112 Å². The SMILES string of the molecule is COc1ccc(F)cc1-c1ccc2c(c1COC(=O)c1ccccc1)N(C)C(=O)C(C)(C)N2.COc1ccc(F)cc1-c1ccc2c(c1COc1ccccc1)N(C)C(=O)C(C)(C)N2. The summed E-state index contributed by atoms with van der Waals surface area (Å²) in [4.78, 5) is 41.9. The highest BCUT2D eigenvalue weighted by Crippen LogP contribution is 2.46. The van der Waals surface area contributed by atoms with Gasteiger partial charge in [-0.3, -0.25) is 9.59 Å². The lowest BCUT2D eigenvalue weighted by molar-refractivity contribution is -0.122. The number of nitrogens with zero attached hydrogens (tertiary/aromatic N) is 2. The number of benzene rings is 6. The van der Waals surface area contributed by atoms with Gasteiger partial charge in [0, 0.05) is 36.3 Å². The third-order valence-corrected chi connectivity index (χ3v) is 11.2. The second kappa shape index (κ2) is 18.1. The van der Waals surface area contributed by atoms with Crippen LogP contribution < -0.4 is 34.6 Å². The number of carbonyl (C=O) groups excluding carboxylic acids is 3. The Morgan fingerprint density at radius 3 is 1.47 bits per heavy atom. The lowest BCUT2D eigenvalue weighted by atomic mass is 9.91. The van der Waals surface area contributed by atoms with Crippen molar-refractivity contribution in [3.63, 3.8) is 0 Å². The van der Waals surface area contributed by atoms with E-state index >= 15 is 0 Å². The van der Waals surface area contributed by atoms with Gasteiger partial charge in [-0.2, -0.15) is 0 Å². The molecule has 2 aliphatic rings. The van der Waals surface area contributed by atoms with Crippen LogP contribution in [0.2, 0.25) is 0 Å². The fourth-order valence-corrected chi connectivity index (χ4v) is 8.11. The molecule has 0 atom stereocenters. The Morgan fingerprint density at radius 2 is 1.02 bits per heavy atom. The molecule has 0 radical (unpaired) electrons. The number of amides is 2. The van der Waals surface area contributed by atoms with Gasteiger partial charge in [-0.15, -0.1) is 0 Å². The molecule has 330 valence electrons. The molecule has 13 heteroatoms. The van der Waals surface area contributed by atoms with E-state index in [4.69, 9.17) is 18.9 Å². The number of ether oxygens (including phenoxy) is 4. The summed E-state index contributed by atoms with van der Waals surface area (Å²) in [7, 11) is 6.49. The quantitative estimate of drug-likeness (QED) is 0.130. The Bertz CT molecular complexity index is 2730. The standard InChI is InChI=1S/C26H25FN2O4.C25H25FN2O3/c1-26(2)25(31)29(3)23-20(15-33-24(30)16-8-6-5-7-9-16)18(11-12-21(23)28-26)19-14-17(27)10-13-22(19)32-4;1-25(2)24(29)28(3)23-20(15-31-17-8-6-5-7-9-17)18(11-12-21(23)27-25)19-14-16(26)10-13-22(19)30-4/h5-14,28H,15H2,1-4H3;5-14,27H,15H2,1-4H3. The summed E-state index contributed by atoms with van der Waals surface area (Å²) in [5.74, 6) is 0.203. The molecular weight excluding hydrogens is 819 g/mol. The zero-order chi connectivity index (χ0) is 45.9. The molecule has 6 aromatic carbocycles. The number of esters is 1. The summed E-state index contributed by atoms with van der Waals surface area (Å²) in [6.07, 6.45) is 0. The van der Waals surface area contributed by atoms with E-state index < -0.39 is 22.9 Å². The number of hydrogen-bond acceptors (Lipinski definition) is 9. The largest absolute Gasteiger partial charge is 0.496 e. The van der Waals surface area contributed by atoms with Gasteiger partial charge in [-0.1, -0.05) is 48.5 Å². The van der Waals surface area contributed by atoms with E-state index in [2.05, 4.69) is 10.6 Å². The molecule has 0 aromatic heterocycles. The molecule has 0 unspecified atom stereocenters. The van der Waals surface area contributed by atoms with Crippen molar-refractivity contribution in [2.24, 2.45) is 0 Å². The average molecular weight is 869 g/mol. The normalized spacial score (nSPS) is 14.5. The minimum absolute atomic E-state index is 0.0654. The van der Waals surface area contributed by atoms with Crippen LogP contribution in [0.3, 0.4) is 0 Å². The van der Waals surface area contributed by atoms with Crippen LogP contribution in [0.5, 0.6) is 17.2 Å². The van der Waals surface area contributed by atoms with Gasteiger partial charge in [0.15, 0.2) is 0 Å². The lowest BCUT2D eigenvalue weighted by Crippen LogP contribution is -2.52. The van der Waals surface area contributed by atoms with Gasteiger partial charge in [-0.25, -0.2) is 13.6 Å². The van der Waals surface area contributed by atoms with Crippen LogP contribution in [0.25, 0.3) is 22.3 Å². The highest BCUT2D eigenvalue weighted by atomic mass is 19.1. The molecule has 0 saturated carbocycles. The van der Waals surface area contributed by atoms with E-state index in [9.17, 15) is 23.2 Å². The first-order valence-electron chi connectivity index (χ1n) is 20.6. The summed E-state index contributed by atoms with van der Waals surface area (Å²) in [5, 5.41) is 6.58. The molecule has 0 fully saturated rings. The highest BCUT2D eigenvalue weighted by molar-refractivity contribution is 6.10. The number of anilines is 4. The van der Waals surface area contributed by atoms with Gasteiger partial charge in [0.1, 0.15) is 53.2 Å². The Morgan fingerprint density at radius 1 is 0.578 bits per heavy atom. The zero-order valence-electron chi connectivity index (χ0n) is 37.0. The van der Waals surface area contributed by atoms with Crippen molar-refractivity contribution in [2.45, 2.75) is 52.0 Å². The van der Waals surface area contributed by atoms with Crippen LogP contribution in [-0.4, -0.2) is 57.2 Å². The Hall–Kier alpha value is -7.41. The van der Waals surface area contributed by atoms with Gasteiger partial charge in [0.2, 0.25) is 0 Å². The summed E-state index contributed by atoms with van der Waals surface area (Å²) >= 11 is 0. The van der Waals surface area contributed by atoms with E-state index in [0.717, 1.165) is 16.8 Å². The van der Waals surface area contributed by atoms with Gasteiger partial charge in [0.05, 0.1) is 42.5 Å². The van der Waals surface area contributed by atoms with Crippen molar-refractivity contribution in [3.05, 3.63) is 150 Å². The van der Waals surface area contributed by atoms with Crippen LogP contribution in [0.15, 0.2) is 121 Å². The van der Waals surface area contributed by atoms with Crippen molar-refractivity contribution < 1.29 is 42.1 Å². The van der Waals surface area contributed by atoms with E-state index in [1.165, 1.54) is 31.4 Å². The molecule has 2 N–H and O–H groups in total. The molecule has 2 aliphatic heterocycles. The number of rotatable bonds is 10. The second-order valence-corrected chi connectivity index (χ2v) is 16.4. The first kappa shape index (κ1) is 44.6. The second-order valence-electron chi connectivity index (χ2n) is 16.4. The Kier molecular flexibility index (Phi) is 12.6. The number of methoxy groups -OCH3 is 2. The summed E-state index contributed by atoms with van der Waals surface area (Å²) < 4.78 is 51.0. The van der Waals surface area contributed by atoms with E-state index in [1.54, 1.807) is 81.3 Å². The minimum atomic E-state index is -0.808. The topological polar surface area (TPSA) is 119 Å². The van der Waals surface area contributed by atoms with E-state index in [1.807, 2.05) is 74.5 Å². The minimum Gasteiger partial charge on any atom is -0.496 e. The first-order chi connectivity index (χ1) is 30.5. The predicted molar refractivity (Wildman–Crippen MR) is 245 cm³/mol. The Balaban J connectivity index is 0.000000192. The smallest absolute Gasteiger partial charge is 0.338 e. The highest BCUT2D eigenvalue weighted by Gasteiger charge is 2.40. The van der Waals surface area contributed by atoms with Crippen LogP contribution in [-0.2, 0) is 27.5 Å². The molecule has 2 amide bonds. The molecule has 0 aliphatic carbocycles. The monoisotopic (exact) mass is 868 g/mol. The van der Waals surface area contributed by atoms with E-state index in [-0.39, 0.29) is 30.8 Å². The predicted octanol–water partition coefficient (Wildman–Crippen LogP) is 10.3. The number of carbonyl (C=O) groups is 3. The summed E-state index contributed by atoms with van der Waals surface area (Å²) in [6, 6.07) is 34.2. The van der Waals surface area contributed by atoms with Crippen molar-refractivity contribution in [3.8, 4) is 39.5 Å². The third-order valence-electron chi connectivity index (χ3n) is 11.2. The van der Waals surface area contributed by atoms with E-state index in [0.29, 0.717) is 62.1 Å². The third kappa shape index (κ3) is 8.92. The molecule has 0 spiro atoms. The van der Waals surface area contributed by atoms with Crippen LogP contribution in [0, 0.1) is 11.6 Å². The van der Waals surface area contributed by atoms with Crippen LogP contribution >= 0.6 is 0 Å². The number of halogens is 2. The first-order valence-corrected chi connectivity index (χ1v) is 20.6. The summed E-state index contributed by atoms with van der Waals surface area (Å²) in [6.45, 7) is 7.37. The number of hydrogen-bond donors (Lipinski definition) is 2. The zero-order valence-corrected chi connectivity index (χ0v) is 37.0. The van der Waals surface area contributed by atoms with Crippen molar-refractivity contribution >= 4 is 40.5 Å². The van der Waals surface area contributed by atoms with Crippen molar-refractivity contribution in [2.75, 3.05) is 48.7 Å². The number of likely N-dealkylation sites (N-methyl/N-ethyl adjacent to an activating group) is 2. The molecule has 8 rings (SSSR count). The molecular formula is C51H50F2N4O7. The maximum atomic E-state index is 14.2. The molecule has 11 nitrogen and oxygen atoms in total. The maximum absolute atomic E-state index is 14.2. The average Bonchev–Trinajstić information content (AvgIpc) is 3.28. The molecule has 6 aromatic rings. The number of para-hydroxylation sites is 1. The fourth-order valence-electron chi connectivity index (χ4n) is 8.11. The van der Waals surface area contributed by atoms with Gasteiger partial charge >= 0.3 is 5.97 Å². The number of fused-ring (bicyclic) bond motifs is 2. The molecule has 64 heavy (non-hydrogen) atoms. The molecule has 0 saturated heterocycles. The van der Waals surface area contributed by atoms with Crippen LogP contribution in [0.1, 0.15) is 49.2 Å². The fraction of sp³-hybridized carbons (Fsp3) is 0.235. The van der Waals surface area contributed by atoms with Crippen molar-refractivity contribution in [1.29, 1.82) is 0 Å². The maximum Gasteiger partial charge on any atom is 0.338 e. The Labute approximate surface area is 371 Å². The summed E-state index contributed by atoms with van der Waals surface area (Å²) in [5.41, 5.74) is 5.46. The van der Waals surface area contributed by atoms with Gasteiger partial charge < -0.3 is 39.4 Å².